The fourth-order valence-electron chi connectivity index (χ4n) is 2.81. The number of carboxylic acids is 1. The lowest BCUT2D eigenvalue weighted by Crippen LogP contribution is -2.50. The minimum Gasteiger partial charge on any atom is -0.481 e. The van der Waals surface area contributed by atoms with Crippen molar-refractivity contribution >= 4 is 11.9 Å². The molecule has 1 amide bonds. The second-order valence-corrected chi connectivity index (χ2v) is 5.76. The molecule has 1 rings (SSSR count). The van der Waals surface area contributed by atoms with Crippen molar-refractivity contribution in [3.8, 4) is 12.3 Å². The van der Waals surface area contributed by atoms with Crippen LogP contribution in [0.15, 0.2) is 0 Å². The first-order chi connectivity index (χ1) is 9.96. The normalized spacial score (nSPS) is 22.3. The monoisotopic (exact) mass is 294 g/mol. The molecular weight excluding hydrogens is 268 g/mol. The molecule has 0 saturated heterocycles. The second kappa shape index (κ2) is 8.04. The number of terminal acetylenes is 1. The van der Waals surface area contributed by atoms with Crippen molar-refractivity contribution in [1.29, 1.82) is 0 Å². The highest BCUT2D eigenvalue weighted by atomic mass is 16.4. The first-order valence-electron chi connectivity index (χ1n) is 7.71. The summed E-state index contributed by atoms with van der Waals surface area (Å²) in [4.78, 5) is 23.0. The van der Waals surface area contributed by atoms with E-state index in [0.717, 1.165) is 19.3 Å². The Morgan fingerprint density at radius 3 is 2.52 bits per heavy atom. The van der Waals surface area contributed by atoms with E-state index in [1.807, 2.05) is 13.8 Å². The predicted molar refractivity (Wildman–Crippen MR) is 81.7 cm³/mol. The topological polar surface area (TPSA) is 78.4 Å². The highest BCUT2D eigenvalue weighted by Crippen LogP contribution is 2.24. The molecule has 118 valence electrons. The van der Waals surface area contributed by atoms with Crippen LogP contribution in [0.5, 0.6) is 0 Å². The van der Waals surface area contributed by atoms with Crippen LogP contribution >= 0.6 is 0 Å². The maximum absolute atomic E-state index is 12.0. The van der Waals surface area contributed by atoms with E-state index in [0.29, 0.717) is 19.3 Å². The highest BCUT2D eigenvalue weighted by Gasteiger charge is 2.28. The maximum atomic E-state index is 12.0. The molecule has 3 N–H and O–H groups in total. The number of hydrogen-bond acceptors (Lipinski definition) is 3. The van der Waals surface area contributed by atoms with Gasteiger partial charge in [0.2, 0.25) is 5.91 Å². The summed E-state index contributed by atoms with van der Waals surface area (Å²) < 4.78 is 0. The van der Waals surface area contributed by atoms with Gasteiger partial charge >= 0.3 is 5.97 Å². The molecule has 21 heavy (non-hydrogen) atoms. The van der Waals surface area contributed by atoms with Gasteiger partial charge in [-0.25, -0.2) is 0 Å². The zero-order valence-corrected chi connectivity index (χ0v) is 12.9. The average Bonchev–Trinajstić information content (AvgIpc) is 2.51. The van der Waals surface area contributed by atoms with Crippen LogP contribution in [0.2, 0.25) is 0 Å². The van der Waals surface area contributed by atoms with Crippen LogP contribution in [-0.2, 0) is 9.59 Å². The molecule has 1 aliphatic carbocycles. The summed E-state index contributed by atoms with van der Waals surface area (Å²) in [7, 11) is 0. The first-order valence-corrected chi connectivity index (χ1v) is 7.71. The number of carbonyl (C=O) groups is 2. The zero-order chi connectivity index (χ0) is 15.9. The molecule has 0 aromatic heterocycles. The van der Waals surface area contributed by atoms with E-state index in [-0.39, 0.29) is 24.4 Å². The van der Waals surface area contributed by atoms with Crippen LogP contribution in [0.4, 0.5) is 0 Å². The minimum absolute atomic E-state index is 0.0917. The minimum atomic E-state index is -0.741. The number of aliphatic carboxylic acids is 1. The van der Waals surface area contributed by atoms with E-state index < -0.39 is 11.5 Å². The molecule has 1 aliphatic rings. The Morgan fingerprint density at radius 1 is 1.33 bits per heavy atom. The number of amides is 1. The number of carbonyl (C=O) groups excluding carboxylic acids is 1. The Kier molecular flexibility index (Phi) is 6.70. The van der Waals surface area contributed by atoms with Crippen molar-refractivity contribution in [3.63, 3.8) is 0 Å². The number of rotatable bonds is 7. The van der Waals surface area contributed by atoms with Crippen LogP contribution in [0, 0.1) is 18.3 Å². The van der Waals surface area contributed by atoms with Crippen LogP contribution in [0.1, 0.15) is 52.4 Å². The molecule has 1 saturated carbocycles. The summed E-state index contributed by atoms with van der Waals surface area (Å²) in [6, 6.07) is 0.0917. The molecule has 0 aliphatic heterocycles. The lowest BCUT2D eigenvalue weighted by molar-refractivity contribution is -0.143. The summed E-state index contributed by atoms with van der Waals surface area (Å²) >= 11 is 0. The van der Waals surface area contributed by atoms with Crippen LogP contribution in [0.25, 0.3) is 0 Å². The van der Waals surface area contributed by atoms with Gasteiger partial charge in [-0.05, 0) is 32.1 Å². The van der Waals surface area contributed by atoms with Gasteiger partial charge < -0.3 is 15.7 Å². The van der Waals surface area contributed by atoms with E-state index in [9.17, 15) is 9.59 Å². The Labute approximate surface area is 126 Å². The zero-order valence-electron chi connectivity index (χ0n) is 12.9. The molecule has 0 aromatic rings. The average molecular weight is 294 g/mol. The summed E-state index contributed by atoms with van der Waals surface area (Å²) in [5, 5.41) is 15.1. The van der Waals surface area contributed by atoms with Gasteiger partial charge in [-0.15, -0.1) is 6.42 Å². The lowest BCUT2D eigenvalue weighted by Gasteiger charge is -2.29. The fourth-order valence-corrected chi connectivity index (χ4v) is 2.81. The predicted octanol–water partition coefficient (Wildman–Crippen LogP) is 1.53. The van der Waals surface area contributed by atoms with Gasteiger partial charge in [-0.1, -0.05) is 26.2 Å². The largest absolute Gasteiger partial charge is 0.481 e. The van der Waals surface area contributed by atoms with Gasteiger partial charge in [-0.2, -0.15) is 0 Å². The molecular formula is C16H26N2O3. The van der Waals surface area contributed by atoms with Crippen molar-refractivity contribution in [2.45, 2.75) is 64.0 Å². The smallest absolute Gasteiger partial charge is 0.306 e. The molecule has 0 radical (unpaired) electrons. The van der Waals surface area contributed by atoms with Gasteiger partial charge in [-0.3, -0.25) is 9.59 Å². The molecule has 1 fully saturated rings. The second-order valence-electron chi connectivity index (χ2n) is 5.76. The van der Waals surface area contributed by atoms with Gasteiger partial charge in [0.25, 0.3) is 0 Å². The van der Waals surface area contributed by atoms with Crippen molar-refractivity contribution in [1.82, 2.24) is 10.6 Å². The first kappa shape index (κ1) is 17.5. The Morgan fingerprint density at radius 2 is 2.00 bits per heavy atom. The van der Waals surface area contributed by atoms with E-state index in [1.54, 1.807) is 0 Å². The third-order valence-electron chi connectivity index (χ3n) is 4.44. The molecule has 0 bridgehead atoms. The summed E-state index contributed by atoms with van der Waals surface area (Å²) in [5.74, 6) is 1.50. The highest BCUT2D eigenvalue weighted by molar-refractivity contribution is 5.79. The van der Waals surface area contributed by atoms with Gasteiger partial charge in [0.05, 0.1) is 12.5 Å². The summed E-state index contributed by atoms with van der Waals surface area (Å²) in [6.07, 6.45) is 10.0. The number of nitrogens with one attached hydrogen (secondary N) is 2. The molecule has 5 nitrogen and oxygen atoms in total. The fraction of sp³-hybridized carbons (Fsp3) is 0.750. The Bertz CT molecular complexity index is 410. The molecule has 0 heterocycles. The molecule has 0 aromatic carbocycles. The van der Waals surface area contributed by atoms with Crippen LogP contribution < -0.4 is 10.6 Å². The van der Waals surface area contributed by atoms with E-state index in [4.69, 9.17) is 11.5 Å². The third kappa shape index (κ3) is 5.05. The Balaban J connectivity index is 2.43. The summed E-state index contributed by atoms with van der Waals surface area (Å²) in [6.45, 7) is 4.09. The van der Waals surface area contributed by atoms with Gasteiger partial charge in [0.1, 0.15) is 5.54 Å². The van der Waals surface area contributed by atoms with Crippen molar-refractivity contribution in [3.05, 3.63) is 0 Å². The van der Waals surface area contributed by atoms with Gasteiger partial charge in [0.15, 0.2) is 0 Å². The Hall–Kier alpha value is -1.54. The molecule has 0 spiro atoms. The SMILES string of the molecule is C#CC(CC)(CC)NC(=O)CNC1CCCC(C(=O)O)C1. The van der Waals surface area contributed by atoms with E-state index in [1.165, 1.54) is 0 Å². The van der Waals surface area contributed by atoms with Gasteiger partial charge in [0, 0.05) is 6.04 Å². The number of carboxylic acid groups (broad SMARTS) is 1. The number of hydrogen-bond donors (Lipinski definition) is 3. The van der Waals surface area contributed by atoms with Crippen LogP contribution in [-0.4, -0.2) is 35.1 Å². The third-order valence-corrected chi connectivity index (χ3v) is 4.44. The van der Waals surface area contributed by atoms with Crippen molar-refractivity contribution in [2.75, 3.05) is 6.54 Å². The van der Waals surface area contributed by atoms with Crippen LogP contribution in [0.3, 0.4) is 0 Å². The quantitative estimate of drug-likeness (QED) is 0.622. The van der Waals surface area contributed by atoms with Crippen molar-refractivity contribution in [2.24, 2.45) is 5.92 Å². The summed E-state index contributed by atoms with van der Waals surface area (Å²) in [5.41, 5.74) is -0.574. The van der Waals surface area contributed by atoms with E-state index >= 15 is 0 Å². The van der Waals surface area contributed by atoms with E-state index in [2.05, 4.69) is 16.6 Å². The molecule has 5 heteroatoms. The molecule has 2 atom stereocenters. The molecule has 2 unspecified atom stereocenters. The van der Waals surface area contributed by atoms with Crippen molar-refractivity contribution < 1.29 is 14.7 Å². The maximum Gasteiger partial charge on any atom is 0.306 e. The lowest BCUT2D eigenvalue weighted by atomic mass is 9.86. The standard InChI is InChI=1S/C16H26N2O3/c1-4-16(5-2,6-3)18-14(19)11-17-13-9-7-8-12(10-13)15(20)21/h1,12-13,17H,5-11H2,2-3H3,(H,18,19)(H,20,21).